The first-order chi connectivity index (χ1) is 15.2. The SMILES string of the molecule is Cc1cccc(-n2c(SCc3cnc(-c4ccccc4)o3)nc3ccccc3c2=O)c1. The van der Waals surface area contributed by atoms with Crippen LogP contribution in [0.3, 0.4) is 0 Å². The van der Waals surface area contributed by atoms with Crippen molar-refractivity contribution >= 4 is 22.7 Å². The summed E-state index contributed by atoms with van der Waals surface area (Å²) in [5.74, 6) is 1.82. The molecule has 6 heteroatoms. The highest BCUT2D eigenvalue weighted by molar-refractivity contribution is 7.98. The number of aromatic nitrogens is 3. The van der Waals surface area contributed by atoms with Gasteiger partial charge in [-0.25, -0.2) is 9.97 Å². The van der Waals surface area contributed by atoms with E-state index in [9.17, 15) is 4.79 Å². The molecule has 5 rings (SSSR count). The summed E-state index contributed by atoms with van der Waals surface area (Å²) in [6, 6.07) is 25.1. The molecule has 5 nitrogen and oxygen atoms in total. The predicted molar refractivity (Wildman–Crippen MR) is 124 cm³/mol. The summed E-state index contributed by atoms with van der Waals surface area (Å²) in [5.41, 5.74) is 3.41. The monoisotopic (exact) mass is 425 g/mol. The van der Waals surface area contributed by atoms with E-state index in [2.05, 4.69) is 4.98 Å². The van der Waals surface area contributed by atoms with E-state index in [-0.39, 0.29) is 5.56 Å². The van der Waals surface area contributed by atoms with Gasteiger partial charge < -0.3 is 4.42 Å². The van der Waals surface area contributed by atoms with E-state index < -0.39 is 0 Å². The number of benzene rings is 3. The van der Waals surface area contributed by atoms with E-state index in [1.54, 1.807) is 10.8 Å². The molecule has 0 bridgehead atoms. The van der Waals surface area contributed by atoms with Crippen LogP contribution < -0.4 is 5.56 Å². The van der Waals surface area contributed by atoms with Crippen LogP contribution in [0.5, 0.6) is 0 Å². The Morgan fingerprint density at radius 3 is 2.61 bits per heavy atom. The number of thioether (sulfide) groups is 1. The molecule has 31 heavy (non-hydrogen) atoms. The molecule has 2 heterocycles. The summed E-state index contributed by atoms with van der Waals surface area (Å²) in [4.78, 5) is 22.5. The first-order valence-electron chi connectivity index (χ1n) is 9.91. The minimum atomic E-state index is -0.0822. The van der Waals surface area contributed by atoms with Gasteiger partial charge >= 0.3 is 0 Å². The number of aryl methyl sites for hydroxylation is 1. The van der Waals surface area contributed by atoms with Crippen LogP contribution in [0.25, 0.3) is 28.0 Å². The topological polar surface area (TPSA) is 60.9 Å². The Kier molecular flexibility index (Phi) is 5.14. The summed E-state index contributed by atoms with van der Waals surface area (Å²) in [7, 11) is 0. The third-order valence-corrected chi connectivity index (χ3v) is 5.88. The van der Waals surface area contributed by atoms with Crippen molar-refractivity contribution in [3.63, 3.8) is 0 Å². The van der Waals surface area contributed by atoms with Crippen molar-refractivity contribution in [3.8, 4) is 17.1 Å². The average molecular weight is 426 g/mol. The third kappa shape index (κ3) is 3.90. The molecule has 0 N–H and O–H groups in total. The third-order valence-electron chi connectivity index (χ3n) is 4.92. The van der Waals surface area contributed by atoms with Crippen LogP contribution in [0.4, 0.5) is 0 Å². The van der Waals surface area contributed by atoms with Crippen molar-refractivity contribution in [1.29, 1.82) is 0 Å². The standard InChI is InChI=1S/C25H19N3O2S/c1-17-8-7-11-19(14-17)28-24(29)21-12-5-6-13-22(21)27-25(28)31-16-20-15-26-23(30-20)18-9-3-2-4-10-18/h2-15H,16H2,1H3. The lowest BCUT2D eigenvalue weighted by Crippen LogP contribution is -2.21. The van der Waals surface area contributed by atoms with Gasteiger partial charge in [-0.1, -0.05) is 54.2 Å². The van der Waals surface area contributed by atoms with Crippen molar-refractivity contribution in [3.05, 3.63) is 107 Å². The highest BCUT2D eigenvalue weighted by Gasteiger charge is 2.15. The molecule has 0 saturated heterocycles. The minimum absolute atomic E-state index is 0.0822. The summed E-state index contributed by atoms with van der Waals surface area (Å²) in [6.45, 7) is 2.01. The maximum Gasteiger partial charge on any atom is 0.266 e. The molecule has 0 spiro atoms. The van der Waals surface area contributed by atoms with E-state index >= 15 is 0 Å². The van der Waals surface area contributed by atoms with Crippen molar-refractivity contribution in [2.45, 2.75) is 17.8 Å². The second kappa shape index (κ2) is 8.24. The lowest BCUT2D eigenvalue weighted by Gasteiger charge is -2.13. The Labute approximate surface area is 183 Å². The maximum absolute atomic E-state index is 13.3. The zero-order valence-corrected chi connectivity index (χ0v) is 17.7. The highest BCUT2D eigenvalue weighted by Crippen LogP contribution is 2.27. The predicted octanol–water partition coefficient (Wildman–Crippen LogP) is 5.64. The largest absolute Gasteiger partial charge is 0.440 e. The lowest BCUT2D eigenvalue weighted by atomic mass is 10.2. The van der Waals surface area contributed by atoms with E-state index in [1.807, 2.05) is 85.8 Å². The van der Waals surface area contributed by atoms with Crippen LogP contribution in [-0.2, 0) is 5.75 Å². The van der Waals surface area contributed by atoms with Gasteiger partial charge in [-0.2, -0.15) is 0 Å². The molecule has 0 aliphatic carbocycles. The van der Waals surface area contributed by atoms with Crippen LogP contribution in [0.1, 0.15) is 11.3 Å². The second-order valence-electron chi connectivity index (χ2n) is 7.18. The van der Waals surface area contributed by atoms with Gasteiger partial charge in [-0.15, -0.1) is 0 Å². The highest BCUT2D eigenvalue weighted by atomic mass is 32.2. The molecule has 0 aliphatic heterocycles. The summed E-state index contributed by atoms with van der Waals surface area (Å²) < 4.78 is 7.60. The van der Waals surface area contributed by atoms with E-state index in [0.717, 1.165) is 22.6 Å². The van der Waals surface area contributed by atoms with Crippen LogP contribution >= 0.6 is 11.8 Å². The number of hydrogen-bond donors (Lipinski definition) is 0. The molecule has 152 valence electrons. The van der Waals surface area contributed by atoms with Gasteiger partial charge in [0.05, 0.1) is 28.5 Å². The molecule has 0 saturated carbocycles. The Balaban J connectivity index is 1.53. The van der Waals surface area contributed by atoms with Crippen molar-refractivity contribution in [1.82, 2.24) is 14.5 Å². The number of nitrogens with zero attached hydrogens (tertiary/aromatic N) is 3. The van der Waals surface area contributed by atoms with Crippen LogP contribution in [-0.4, -0.2) is 14.5 Å². The number of oxazole rings is 1. The molecular formula is C25H19N3O2S. The quantitative estimate of drug-likeness (QED) is 0.269. The Hall–Kier alpha value is -3.64. The van der Waals surface area contributed by atoms with Gasteiger partial charge in [-0.3, -0.25) is 9.36 Å². The Morgan fingerprint density at radius 2 is 1.77 bits per heavy atom. The first kappa shape index (κ1) is 19.3. The molecule has 5 aromatic rings. The van der Waals surface area contributed by atoms with Crippen molar-refractivity contribution in [2.75, 3.05) is 0 Å². The normalized spacial score (nSPS) is 11.1. The van der Waals surface area contributed by atoms with E-state index in [4.69, 9.17) is 9.40 Å². The fourth-order valence-electron chi connectivity index (χ4n) is 3.43. The number of rotatable bonds is 5. The summed E-state index contributed by atoms with van der Waals surface area (Å²) in [5, 5.41) is 1.21. The van der Waals surface area contributed by atoms with Crippen LogP contribution in [0.2, 0.25) is 0 Å². The molecule has 0 fully saturated rings. The average Bonchev–Trinajstić information content (AvgIpc) is 3.27. The zero-order chi connectivity index (χ0) is 21.2. The van der Waals surface area contributed by atoms with Crippen molar-refractivity contribution in [2.24, 2.45) is 0 Å². The van der Waals surface area contributed by atoms with Gasteiger partial charge in [-0.05, 0) is 48.9 Å². The van der Waals surface area contributed by atoms with Gasteiger partial charge in [0.2, 0.25) is 5.89 Å². The number of hydrogen-bond acceptors (Lipinski definition) is 5. The second-order valence-corrected chi connectivity index (χ2v) is 8.12. The fourth-order valence-corrected chi connectivity index (χ4v) is 4.31. The summed E-state index contributed by atoms with van der Waals surface area (Å²) >= 11 is 1.46. The smallest absolute Gasteiger partial charge is 0.266 e. The number of fused-ring (bicyclic) bond motifs is 1. The maximum atomic E-state index is 13.3. The molecule has 0 atom stereocenters. The van der Waals surface area contributed by atoms with Gasteiger partial charge in [0.15, 0.2) is 5.16 Å². The Morgan fingerprint density at radius 1 is 0.968 bits per heavy atom. The van der Waals surface area contributed by atoms with Gasteiger partial charge in [0.1, 0.15) is 5.76 Å². The summed E-state index contributed by atoms with van der Waals surface area (Å²) in [6.07, 6.45) is 1.73. The minimum Gasteiger partial charge on any atom is -0.440 e. The molecule has 0 unspecified atom stereocenters. The van der Waals surface area contributed by atoms with Crippen LogP contribution in [0, 0.1) is 6.92 Å². The number of para-hydroxylation sites is 1. The fraction of sp³-hybridized carbons (Fsp3) is 0.0800. The van der Waals surface area contributed by atoms with Gasteiger partial charge in [0, 0.05) is 5.56 Å². The lowest BCUT2D eigenvalue weighted by molar-refractivity contribution is 0.538. The molecule has 2 aromatic heterocycles. The molecule has 0 amide bonds. The van der Waals surface area contributed by atoms with Crippen LogP contribution in [0.15, 0.2) is 99.4 Å². The molecule has 3 aromatic carbocycles. The van der Waals surface area contributed by atoms with Gasteiger partial charge in [0.25, 0.3) is 5.56 Å². The Bertz CT molecular complexity index is 1420. The molecule has 0 radical (unpaired) electrons. The van der Waals surface area contributed by atoms with Crippen molar-refractivity contribution < 1.29 is 4.42 Å². The first-order valence-corrected chi connectivity index (χ1v) is 10.9. The van der Waals surface area contributed by atoms with E-state index in [1.165, 1.54) is 11.8 Å². The zero-order valence-electron chi connectivity index (χ0n) is 16.9. The molecular weight excluding hydrogens is 406 g/mol. The van der Waals surface area contributed by atoms with E-state index in [0.29, 0.717) is 27.7 Å². The molecule has 0 aliphatic rings.